The second kappa shape index (κ2) is 4.22. The van der Waals surface area contributed by atoms with Gasteiger partial charge in [0, 0.05) is 5.56 Å². The average Bonchev–Trinajstić information content (AvgIpc) is 2.39. The molecule has 0 amide bonds. The van der Waals surface area contributed by atoms with E-state index >= 15 is 0 Å². The van der Waals surface area contributed by atoms with Crippen LogP contribution in [-0.2, 0) is 11.3 Å². The molecule has 0 saturated carbocycles. The second-order valence-electron chi connectivity index (χ2n) is 3.81. The van der Waals surface area contributed by atoms with Crippen LogP contribution >= 0.6 is 11.6 Å². The highest BCUT2D eigenvalue weighted by molar-refractivity contribution is 6.33. The van der Waals surface area contributed by atoms with Gasteiger partial charge in [0.2, 0.25) is 5.90 Å². The molecule has 84 valence electrons. The Morgan fingerprint density at radius 2 is 1.76 bits per heavy atom. The van der Waals surface area contributed by atoms with Gasteiger partial charge in [-0.05, 0) is 18.2 Å². The molecule has 0 atom stereocenters. The zero-order valence-corrected chi connectivity index (χ0v) is 9.82. The van der Waals surface area contributed by atoms with Crippen molar-refractivity contribution in [3.8, 4) is 0 Å². The summed E-state index contributed by atoms with van der Waals surface area (Å²) >= 11 is 6.12. The van der Waals surface area contributed by atoms with E-state index < -0.39 is 0 Å². The Labute approximate surface area is 105 Å². The monoisotopic (exact) mass is 243 g/mol. The first-order valence-corrected chi connectivity index (χ1v) is 5.77. The van der Waals surface area contributed by atoms with Crippen molar-refractivity contribution >= 4 is 23.2 Å². The lowest BCUT2D eigenvalue weighted by molar-refractivity contribution is 0.288. The number of para-hydroxylation sites is 1. The topological polar surface area (TPSA) is 21.6 Å². The van der Waals surface area contributed by atoms with E-state index in [0.29, 0.717) is 17.5 Å². The van der Waals surface area contributed by atoms with Crippen molar-refractivity contribution in [2.75, 3.05) is 0 Å². The Bertz CT molecular complexity index is 592. The first kappa shape index (κ1) is 10.4. The molecule has 0 aromatic heterocycles. The molecule has 0 saturated heterocycles. The molecule has 0 radical (unpaired) electrons. The van der Waals surface area contributed by atoms with E-state index in [2.05, 4.69) is 4.99 Å². The first-order chi connectivity index (χ1) is 8.34. The molecule has 17 heavy (non-hydrogen) atoms. The molecule has 1 aliphatic heterocycles. The largest absolute Gasteiger partial charge is 0.472 e. The molecule has 0 fully saturated rings. The van der Waals surface area contributed by atoms with Crippen LogP contribution in [0.2, 0.25) is 5.02 Å². The highest BCUT2D eigenvalue weighted by atomic mass is 35.5. The molecule has 3 heteroatoms. The lowest BCUT2D eigenvalue weighted by atomic mass is 10.1. The molecule has 0 spiro atoms. The highest BCUT2D eigenvalue weighted by Crippen LogP contribution is 2.27. The SMILES string of the molecule is Clc1ccccc1C1=Nc2ccccc2CO1. The summed E-state index contributed by atoms with van der Waals surface area (Å²) in [6.45, 7) is 0.542. The van der Waals surface area contributed by atoms with Gasteiger partial charge in [-0.3, -0.25) is 0 Å². The van der Waals surface area contributed by atoms with Crippen molar-refractivity contribution in [3.63, 3.8) is 0 Å². The fourth-order valence-corrected chi connectivity index (χ4v) is 2.02. The number of halogens is 1. The zero-order valence-electron chi connectivity index (χ0n) is 9.06. The lowest BCUT2D eigenvalue weighted by Gasteiger charge is -2.17. The van der Waals surface area contributed by atoms with Crippen LogP contribution in [0.5, 0.6) is 0 Å². The highest BCUT2D eigenvalue weighted by Gasteiger charge is 2.15. The van der Waals surface area contributed by atoms with Gasteiger partial charge in [-0.15, -0.1) is 0 Å². The standard InChI is InChI=1S/C14H10ClNO/c15-12-7-3-2-6-11(12)14-16-13-8-4-1-5-10(13)9-17-14/h1-8H,9H2. The third kappa shape index (κ3) is 1.92. The second-order valence-corrected chi connectivity index (χ2v) is 4.22. The van der Waals surface area contributed by atoms with Crippen molar-refractivity contribution in [2.24, 2.45) is 4.99 Å². The van der Waals surface area contributed by atoms with Crippen molar-refractivity contribution in [3.05, 3.63) is 64.7 Å². The Kier molecular flexibility index (Phi) is 2.57. The van der Waals surface area contributed by atoms with E-state index in [0.717, 1.165) is 16.8 Å². The van der Waals surface area contributed by atoms with E-state index in [9.17, 15) is 0 Å². The molecular weight excluding hydrogens is 234 g/mol. The maximum absolute atomic E-state index is 6.12. The van der Waals surface area contributed by atoms with Crippen LogP contribution in [-0.4, -0.2) is 5.90 Å². The third-order valence-electron chi connectivity index (χ3n) is 2.68. The van der Waals surface area contributed by atoms with Crippen LogP contribution in [0.4, 0.5) is 5.69 Å². The summed E-state index contributed by atoms with van der Waals surface area (Å²) < 4.78 is 5.64. The van der Waals surface area contributed by atoms with E-state index in [1.807, 2.05) is 48.5 Å². The average molecular weight is 244 g/mol. The normalized spacial score (nSPS) is 13.6. The molecule has 1 heterocycles. The number of hydrogen-bond acceptors (Lipinski definition) is 2. The van der Waals surface area contributed by atoms with Crippen LogP contribution in [0.1, 0.15) is 11.1 Å². The number of aliphatic imine (C=N–C) groups is 1. The number of rotatable bonds is 1. The van der Waals surface area contributed by atoms with Gasteiger partial charge in [-0.1, -0.05) is 41.9 Å². The molecule has 1 aliphatic rings. The molecule has 0 unspecified atom stereocenters. The van der Waals surface area contributed by atoms with Crippen molar-refractivity contribution < 1.29 is 4.74 Å². The Morgan fingerprint density at radius 1 is 1.00 bits per heavy atom. The van der Waals surface area contributed by atoms with Crippen molar-refractivity contribution in [1.29, 1.82) is 0 Å². The minimum atomic E-state index is 0.542. The minimum Gasteiger partial charge on any atom is -0.472 e. The Hall–Kier alpha value is -1.80. The Morgan fingerprint density at radius 3 is 2.65 bits per heavy atom. The quantitative estimate of drug-likeness (QED) is 0.743. The number of fused-ring (bicyclic) bond motifs is 1. The van der Waals surface area contributed by atoms with E-state index in [1.54, 1.807) is 0 Å². The summed E-state index contributed by atoms with van der Waals surface area (Å²) in [4.78, 5) is 4.49. The predicted molar refractivity (Wildman–Crippen MR) is 68.9 cm³/mol. The smallest absolute Gasteiger partial charge is 0.223 e. The fourth-order valence-electron chi connectivity index (χ4n) is 1.80. The van der Waals surface area contributed by atoms with Gasteiger partial charge in [-0.25, -0.2) is 4.99 Å². The summed E-state index contributed by atoms with van der Waals surface area (Å²) in [5.41, 5.74) is 2.89. The summed E-state index contributed by atoms with van der Waals surface area (Å²) in [5, 5.41) is 0.658. The number of ether oxygens (including phenoxy) is 1. The fraction of sp³-hybridized carbons (Fsp3) is 0.0714. The predicted octanol–water partition coefficient (Wildman–Crippen LogP) is 3.95. The number of nitrogens with zero attached hydrogens (tertiary/aromatic N) is 1. The van der Waals surface area contributed by atoms with Gasteiger partial charge in [0.25, 0.3) is 0 Å². The summed E-state index contributed by atoms with van der Waals surface area (Å²) in [6, 6.07) is 15.5. The summed E-state index contributed by atoms with van der Waals surface area (Å²) in [7, 11) is 0. The summed E-state index contributed by atoms with van der Waals surface area (Å²) in [6.07, 6.45) is 0. The van der Waals surface area contributed by atoms with Gasteiger partial charge in [0.15, 0.2) is 0 Å². The lowest BCUT2D eigenvalue weighted by Crippen LogP contribution is -2.11. The maximum atomic E-state index is 6.12. The minimum absolute atomic E-state index is 0.542. The molecule has 0 bridgehead atoms. The van der Waals surface area contributed by atoms with E-state index in [1.165, 1.54) is 0 Å². The molecular formula is C14H10ClNO. The first-order valence-electron chi connectivity index (χ1n) is 5.39. The maximum Gasteiger partial charge on any atom is 0.223 e. The van der Waals surface area contributed by atoms with Gasteiger partial charge in [0.1, 0.15) is 6.61 Å². The zero-order chi connectivity index (χ0) is 11.7. The van der Waals surface area contributed by atoms with Crippen LogP contribution in [0.15, 0.2) is 53.5 Å². The third-order valence-corrected chi connectivity index (χ3v) is 3.01. The molecule has 2 nitrogen and oxygen atoms in total. The van der Waals surface area contributed by atoms with Crippen LogP contribution in [0.3, 0.4) is 0 Å². The molecule has 2 aromatic carbocycles. The van der Waals surface area contributed by atoms with Crippen molar-refractivity contribution in [2.45, 2.75) is 6.61 Å². The van der Waals surface area contributed by atoms with Gasteiger partial charge in [-0.2, -0.15) is 0 Å². The van der Waals surface area contributed by atoms with Crippen molar-refractivity contribution in [1.82, 2.24) is 0 Å². The van der Waals surface area contributed by atoms with Gasteiger partial charge in [0.05, 0.1) is 16.3 Å². The van der Waals surface area contributed by atoms with Crippen LogP contribution in [0.25, 0.3) is 0 Å². The van der Waals surface area contributed by atoms with Gasteiger partial charge < -0.3 is 4.74 Å². The van der Waals surface area contributed by atoms with E-state index in [-0.39, 0.29) is 0 Å². The van der Waals surface area contributed by atoms with E-state index in [4.69, 9.17) is 16.3 Å². The van der Waals surface area contributed by atoms with Crippen LogP contribution in [0, 0.1) is 0 Å². The van der Waals surface area contributed by atoms with Crippen LogP contribution < -0.4 is 0 Å². The molecule has 2 aromatic rings. The Balaban J connectivity index is 2.08. The number of benzene rings is 2. The van der Waals surface area contributed by atoms with Gasteiger partial charge >= 0.3 is 0 Å². The number of hydrogen-bond donors (Lipinski definition) is 0. The molecule has 3 rings (SSSR count). The summed E-state index contributed by atoms with van der Waals surface area (Å²) in [5.74, 6) is 0.592. The molecule has 0 N–H and O–H groups in total. The molecule has 0 aliphatic carbocycles.